The predicted octanol–water partition coefficient (Wildman–Crippen LogP) is 2.89. The topological polar surface area (TPSA) is 41.1 Å². The lowest BCUT2D eigenvalue weighted by Crippen LogP contribution is -2.26. The van der Waals surface area contributed by atoms with Gasteiger partial charge in [-0.3, -0.25) is 4.79 Å². The van der Waals surface area contributed by atoms with Crippen molar-refractivity contribution in [3.63, 3.8) is 0 Å². The lowest BCUT2D eigenvalue weighted by Gasteiger charge is -2.17. The molecule has 0 radical (unpaired) electrons. The van der Waals surface area contributed by atoms with E-state index in [-0.39, 0.29) is 11.9 Å². The molecule has 0 aliphatic carbocycles. The first-order valence-electron chi connectivity index (χ1n) is 6.78. The minimum Gasteiger partial charge on any atom is -0.382 e. The van der Waals surface area contributed by atoms with Gasteiger partial charge in [-0.25, -0.2) is 0 Å². The molecule has 1 aromatic rings. The SMILES string of the molecule is CC(C)c1cccc(NC2CCCNC(=O)C2)c1. The van der Waals surface area contributed by atoms with E-state index >= 15 is 0 Å². The average molecular weight is 246 g/mol. The Hall–Kier alpha value is -1.51. The highest BCUT2D eigenvalue weighted by atomic mass is 16.1. The summed E-state index contributed by atoms with van der Waals surface area (Å²) in [6.07, 6.45) is 2.67. The van der Waals surface area contributed by atoms with Crippen molar-refractivity contribution < 1.29 is 4.79 Å². The Balaban J connectivity index is 2.03. The molecule has 1 amide bonds. The molecule has 1 aliphatic heterocycles. The molecule has 3 nitrogen and oxygen atoms in total. The first kappa shape index (κ1) is 12.9. The molecule has 0 saturated carbocycles. The predicted molar refractivity (Wildman–Crippen MR) is 74.8 cm³/mol. The Morgan fingerprint density at radius 3 is 3.00 bits per heavy atom. The van der Waals surface area contributed by atoms with Crippen LogP contribution in [0.4, 0.5) is 5.69 Å². The number of anilines is 1. The quantitative estimate of drug-likeness (QED) is 0.861. The van der Waals surface area contributed by atoms with Gasteiger partial charge >= 0.3 is 0 Å². The molecular formula is C15H22N2O. The van der Waals surface area contributed by atoms with Gasteiger partial charge in [-0.15, -0.1) is 0 Å². The summed E-state index contributed by atoms with van der Waals surface area (Å²) in [5.74, 6) is 0.689. The fourth-order valence-corrected chi connectivity index (χ4v) is 2.32. The maximum absolute atomic E-state index is 11.5. The van der Waals surface area contributed by atoms with E-state index in [2.05, 4.69) is 48.7 Å². The Bertz CT molecular complexity index is 415. The van der Waals surface area contributed by atoms with E-state index in [1.807, 2.05) is 0 Å². The van der Waals surface area contributed by atoms with Gasteiger partial charge < -0.3 is 10.6 Å². The molecule has 1 unspecified atom stereocenters. The van der Waals surface area contributed by atoms with Crippen molar-refractivity contribution in [1.82, 2.24) is 5.32 Å². The zero-order valence-corrected chi connectivity index (χ0v) is 11.2. The van der Waals surface area contributed by atoms with Gasteiger partial charge in [0, 0.05) is 24.7 Å². The number of benzene rings is 1. The Morgan fingerprint density at radius 1 is 1.39 bits per heavy atom. The smallest absolute Gasteiger partial charge is 0.222 e. The zero-order chi connectivity index (χ0) is 13.0. The number of nitrogens with one attached hydrogen (secondary N) is 2. The molecule has 1 atom stereocenters. The lowest BCUT2D eigenvalue weighted by atomic mass is 10.0. The third-order valence-electron chi connectivity index (χ3n) is 3.41. The molecule has 1 fully saturated rings. The number of carbonyl (C=O) groups is 1. The third kappa shape index (κ3) is 3.49. The van der Waals surface area contributed by atoms with Crippen molar-refractivity contribution >= 4 is 11.6 Å². The van der Waals surface area contributed by atoms with E-state index in [4.69, 9.17) is 0 Å². The van der Waals surface area contributed by atoms with Crippen LogP contribution in [-0.4, -0.2) is 18.5 Å². The second-order valence-electron chi connectivity index (χ2n) is 5.32. The third-order valence-corrected chi connectivity index (χ3v) is 3.41. The van der Waals surface area contributed by atoms with Crippen LogP contribution in [0.2, 0.25) is 0 Å². The van der Waals surface area contributed by atoms with Crippen LogP contribution in [0.5, 0.6) is 0 Å². The molecule has 0 spiro atoms. The Kier molecular flexibility index (Phi) is 4.24. The highest BCUT2D eigenvalue weighted by molar-refractivity contribution is 5.77. The maximum atomic E-state index is 11.5. The molecule has 0 bridgehead atoms. The van der Waals surface area contributed by atoms with Crippen LogP contribution in [0.15, 0.2) is 24.3 Å². The van der Waals surface area contributed by atoms with Crippen molar-refractivity contribution in [2.75, 3.05) is 11.9 Å². The summed E-state index contributed by atoms with van der Waals surface area (Å²) in [7, 11) is 0. The lowest BCUT2D eigenvalue weighted by molar-refractivity contribution is -0.120. The summed E-state index contributed by atoms with van der Waals surface area (Å²) < 4.78 is 0. The second-order valence-corrected chi connectivity index (χ2v) is 5.32. The molecular weight excluding hydrogens is 224 g/mol. The molecule has 2 rings (SSSR count). The first-order valence-corrected chi connectivity index (χ1v) is 6.78. The summed E-state index contributed by atoms with van der Waals surface area (Å²) in [5, 5.41) is 6.40. The molecule has 1 aromatic carbocycles. The minimum absolute atomic E-state index is 0.157. The number of hydrogen-bond donors (Lipinski definition) is 2. The van der Waals surface area contributed by atoms with Gasteiger partial charge in [0.15, 0.2) is 0 Å². The molecule has 1 heterocycles. The number of amides is 1. The average Bonchev–Trinajstić information content (AvgIpc) is 2.54. The van der Waals surface area contributed by atoms with Gasteiger partial charge in [0.05, 0.1) is 0 Å². The molecule has 2 N–H and O–H groups in total. The fourth-order valence-electron chi connectivity index (χ4n) is 2.32. The van der Waals surface area contributed by atoms with Crippen LogP contribution in [0.3, 0.4) is 0 Å². The van der Waals surface area contributed by atoms with Gasteiger partial charge in [0.2, 0.25) is 5.91 Å². The number of hydrogen-bond acceptors (Lipinski definition) is 2. The van der Waals surface area contributed by atoms with Crippen molar-refractivity contribution in [2.45, 2.75) is 45.1 Å². The van der Waals surface area contributed by atoms with Crippen LogP contribution in [-0.2, 0) is 4.79 Å². The molecule has 0 aromatic heterocycles. The zero-order valence-electron chi connectivity index (χ0n) is 11.2. The monoisotopic (exact) mass is 246 g/mol. The largest absolute Gasteiger partial charge is 0.382 e. The highest BCUT2D eigenvalue weighted by Crippen LogP contribution is 2.20. The summed E-state index contributed by atoms with van der Waals surface area (Å²) in [4.78, 5) is 11.5. The van der Waals surface area contributed by atoms with Crippen LogP contribution >= 0.6 is 0 Å². The van der Waals surface area contributed by atoms with Crippen molar-refractivity contribution in [3.8, 4) is 0 Å². The van der Waals surface area contributed by atoms with Crippen LogP contribution in [0, 0.1) is 0 Å². The standard InChI is InChI=1S/C15H22N2O/c1-11(2)12-5-3-6-13(9-12)17-14-7-4-8-16-15(18)10-14/h3,5-6,9,11,14,17H,4,7-8,10H2,1-2H3,(H,16,18). The highest BCUT2D eigenvalue weighted by Gasteiger charge is 2.17. The summed E-state index contributed by atoms with van der Waals surface area (Å²) in [6, 6.07) is 8.75. The minimum atomic E-state index is 0.157. The van der Waals surface area contributed by atoms with E-state index in [1.165, 1.54) is 5.56 Å². The van der Waals surface area contributed by atoms with Gasteiger partial charge in [0.25, 0.3) is 0 Å². The van der Waals surface area contributed by atoms with Gasteiger partial charge in [-0.05, 0) is 36.5 Å². The maximum Gasteiger partial charge on any atom is 0.222 e. The summed E-state index contributed by atoms with van der Waals surface area (Å²) >= 11 is 0. The van der Waals surface area contributed by atoms with Crippen molar-refractivity contribution in [3.05, 3.63) is 29.8 Å². The van der Waals surface area contributed by atoms with E-state index in [0.29, 0.717) is 12.3 Å². The van der Waals surface area contributed by atoms with Crippen molar-refractivity contribution in [2.24, 2.45) is 0 Å². The summed E-state index contributed by atoms with van der Waals surface area (Å²) in [6.45, 7) is 5.19. The second kappa shape index (κ2) is 5.89. The number of rotatable bonds is 3. The molecule has 98 valence electrons. The fraction of sp³-hybridized carbons (Fsp3) is 0.533. The Labute approximate surface area is 109 Å². The Morgan fingerprint density at radius 2 is 2.22 bits per heavy atom. The van der Waals surface area contributed by atoms with Gasteiger partial charge in [-0.1, -0.05) is 26.0 Å². The first-order chi connectivity index (χ1) is 8.65. The van der Waals surface area contributed by atoms with Gasteiger partial charge in [0.1, 0.15) is 0 Å². The van der Waals surface area contributed by atoms with Crippen LogP contribution in [0.25, 0.3) is 0 Å². The van der Waals surface area contributed by atoms with Crippen LogP contribution < -0.4 is 10.6 Å². The van der Waals surface area contributed by atoms with Crippen molar-refractivity contribution in [1.29, 1.82) is 0 Å². The van der Waals surface area contributed by atoms with E-state index in [1.54, 1.807) is 0 Å². The normalized spacial score (nSPS) is 20.4. The number of carbonyl (C=O) groups excluding carboxylic acids is 1. The molecule has 18 heavy (non-hydrogen) atoms. The van der Waals surface area contributed by atoms with E-state index in [9.17, 15) is 4.79 Å². The molecule has 1 aliphatic rings. The van der Waals surface area contributed by atoms with Crippen LogP contribution in [0.1, 0.15) is 44.6 Å². The van der Waals surface area contributed by atoms with E-state index in [0.717, 1.165) is 25.1 Å². The summed E-state index contributed by atoms with van der Waals surface area (Å²) in [5.41, 5.74) is 2.46. The van der Waals surface area contributed by atoms with Gasteiger partial charge in [-0.2, -0.15) is 0 Å². The molecule has 1 saturated heterocycles. The van der Waals surface area contributed by atoms with E-state index < -0.39 is 0 Å². The molecule has 3 heteroatoms.